The summed E-state index contributed by atoms with van der Waals surface area (Å²) >= 11 is 0. The Labute approximate surface area is 143 Å². The molecule has 2 saturated heterocycles. The molecule has 6 nitrogen and oxygen atoms in total. The summed E-state index contributed by atoms with van der Waals surface area (Å²) in [5, 5.41) is 14.6. The van der Waals surface area contributed by atoms with Crippen LogP contribution in [0.15, 0.2) is 18.3 Å². The van der Waals surface area contributed by atoms with Crippen molar-refractivity contribution in [3.8, 4) is 0 Å². The molecule has 0 saturated carbocycles. The average molecular weight is 348 g/mol. The standard InChI is InChI=1S/C14H21N5O.2ClH/c20-14(12-3-1-7-15-12)19-9-5-11(6-10-19)17-13-4-2-8-16-18-13;;/h2,4,8,11-12,15H,1,3,5-7,9-10H2,(H,17,18);2*1H/t12-;;/m0../s1. The SMILES string of the molecule is Cl.Cl.O=C([C@@H]1CCCN1)N1CCC(Nc2cccnn2)CC1. The van der Waals surface area contributed by atoms with Gasteiger partial charge in [0.2, 0.25) is 5.91 Å². The highest BCUT2D eigenvalue weighted by Gasteiger charge is 2.29. The Morgan fingerprint density at radius 1 is 1.27 bits per heavy atom. The van der Waals surface area contributed by atoms with Gasteiger partial charge < -0.3 is 15.5 Å². The van der Waals surface area contributed by atoms with Gasteiger partial charge in [0.1, 0.15) is 5.82 Å². The van der Waals surface area contributed by atoms with Crippen molar-refractivity contribution < 1.29 is 4.79 Å². The van der Waals surface area contributed by atoms with Crippen molar-refractivity contribution >= 4 is 36.5 Å². The first kappa shape index (κ1) is 18.9. The Kier molecular flexibility index (Phi) is 7.85. The number of aromatic nitrogens is 2. The average Bonchev–Trinajstić information content (AvgIpc) is 3.03. The van der Waals surface area contributed by atoms with E-state index in [9.17, 15) is 4.79 Å². The van der Waals surface area contributed by atoms with Crippen LogP contribution >= 0.6 is 24.8 Å². The van der Waals surface area contributed by atoms with E-state index in [0.29, 0.717) is 6.04 Å². The van der Waals surface area contributed by atoms with Crippen LogP contribution in [0.3, 0.4) is 0 Å². The van der Waals surface area contributed by atoms with Gasteiger partial charge in [-0.3, -0.25) is 4.79 Å². The normalized spacial score (nSPS) is 21.6. The number of amides is 1. The van der Waals surface area contributed by atoms with E-state index in [1.165, 1.54) is 0 Å². The Hall–Kier alpha value is -1.11. The van der Waals surface area contributed by atoms with E-state index in [1.54, 1.807) is 6.20 Å². The summed E-state index contributed by atoms with van der Waals surface area (Å²) < 4.78 is 0. The van der Waals surface area contributed by atoms with Crippen LogP contribution in [0, 0.1) is 0 Å². The Balaban J connectivity index is 0.00000121. The van der Waals surface area contributed by atoms with E-state index in [-0.39, 0.29) is 36.8 Å². The van der Waals surface area contributed by atoms with Crippen molar-refractivity contribution in [2.24, 2.45) is 0 Å². The van der Waals surface area contributed by atoms with Crippen LogP contribution in [0.4, 0.5) is 5.82 Å². The molecular weight excluding hydrogens is 325 g/mol. The smallest absolute Gasteiger partial charge is 0.239 e. The molecule has 0 aliphatic carbocycles. The first-order valence-corrected chi connectivity index (χ1v) is 7.39. The summed E-state index contributed by atoms with van der Waals surface area (Å²) in [5.41, 5.74) is 0. The minimum atomic E-state index is 0. The zero-order valence-electron chi connectivity index (χ0n) is 12.4. The highest BCUT2D eigenvalue weighted by atomic mass is 35.5. The monoisotopic (exact) mass is 347 g/mol. The molecule has 0 unspecified atom stereocenters. The van der Waals surface area contributed by atoms with Gasteiger partial charge in [0.05, 0.1) is 6.04 Å². The lowest BCUT2D eigenvalue weighted by atomic mass is 10.0. The van der Waals surface area contributed by atoms with Crippen LogP contribution in [0.5, 0.6) is 0 Å². The molecule has 3 rings (SSSR count). The van der Waals surface area contributed by atoms with Crippen molar-refractivity contribution in [1.29, 1.82) is 0 Å². The van der Waals surface area contributed by atoms with Crippen LogP contribution in [-0.4, -0.2) is 52.7 Å². The maximum absolute atomic E-state index is 12.3. The number of anilines is 1. The zero-order chi connectivity index (χ0) is 13.8. The zero-order valence-corrected chi connectivity index (χ0v) is 14.0. The summed E-state index contributed by atoms with van der Waals surface area (Å²) in [6.45, 7) is 2.63. The molecule has 124 valence electrons. The van der Waals surface area contributed by atoms with Crippen LogP contribution in [0.25, 0.3) is 0 Å². The fraction of sp³-hybridized carbons (Fsp3) is 0.643. The third kappa shape index (κ3) is 4.69. The van der Waals surface area contributed by atoms with E-state index >= 15 is 0 Å². The number of carbonyl (C=O) groups excluding carboxylic acids is 1. The molecule has 0 radical (unpaired) electrons. The lowest BCUT2D eigenvalue weighted by molar-refractivity contribution is -0.134. The lowest BCUT2D eigenvalue weighted by Gasteiger charge is -2.34. The maximum Gasteiger partial charge on any atom is 0.239 e. The third-order valence-corrected chi connectivity index (χ3v) is 4.09. The molecule has 2 fully saturated rings. The number of hydrogen-bond donors (Lipinski definition) is 2. The minimum absolute atomic E-state index is 0. The van der Waals surface area contributed by atoms with Gasteiger partial charge in [-0.15, -0.1) is 29.9 Å². The Bertz CT molecular complexity index is 448. The molecule has 3 heterocycles. The van der Waals surface area contributed by atoms with Crippen molar-refractivity contribution in [2.45, 2.75) is 37.8 Å². The van der Waals surface area contributed by atoms with Gasteiger partial charge in [-0.2, -0.15) is 5.10 Å². The van der Waals surface area contributed by atoms with Crippen molar-refractivity contribution in [1.82, 2.24) is 20.4 Å². The second-order valence-electron chi connectivity index (χ2n) is 5.50. The number of likely N-dealkylation sites (tertiary alicyclic amines) is 1. The Morgan fingerprint density at radius 2 is 2.05 bits per heavy atom. The first-order valence-electron chi connectivity index (χ1n) is 7.39. The second-order valence-corrected chi connectivity index (χ2v) is 5.50. The summed E-state index contributed by atoms with van der Waals surface area (Å²) in [6.07, 6.45) is 5.70. The number of hydrogen-bond acceptors (Lipinski definition) is 5. The molecule has 2 aliphatic heterocycles. The highest BCUT2D eigenvalue weighted by molar-refractivity contribution is 5.85. The summed E-state index contributed by atoms with van der Waals surface area (Å²) in [7, 11) is 0. The Morgan fingerprint density at radius 3 is 2.64 bits per heavy atom. The molecular formula is C14H23Cl2N5O. The number of rotatable bonds is 3. The number of piperidine rings is 1. The van der Waals surface area contributed by atoms with E-state index in [1.807, 2.05) is 17.0 Å². The third-order valence-electron chi connectivity index (χ3n) is 4.09. The maximum atomic E-state index is 12.3. The molecule has 2 aliphatic rings. The number of halogens is 2. The van der Waals surface area contributed by atoms with E-state index in [4.69, 9.17) is 0 Å². The molecule has 2 N–H and O–H groups in total. The highest BCUT2D eigenvalue weighted by Crippen LogP contribution is 2.17. The molecule has 1 aromatic heterocycles. The molecule has 8 heteroatoms. The number of nitrogens with one attached hydrogen (secondary N) is 2. The van der Waals surface area contributed by atoms with Gasteiger partial charge in [-0.1, -0.05) is 0 Å². The minimum Gasteiger partial charge on any atom is -0.366 e. The van der Waals surface area contributed by atoms with Crippen molar-refractivity contribution in [2.75, 3.05) is 25.0 Å². The molecule has 0 bridgehead atoms. The van der Waals surface area contributed by atoms with Gasteiger partial charge in [0.25, 0.3) is 0 Å². The molecule has 1 amide bonds. The summed E-state index contributed by atoms with van der Waals surface area (Å²) in [6, 6.07) is 4.24. The van der Waals surface area contributed by atoms with E-state index < -0.39 is 0 Å². The predicted octanol–water partition coefficient (Wildman–Crippen LogP) is 1.48. The van der Waals surface area contributed by atoms with Gasteiger partial charge in [0.15, 0.2) is 0 Å². The van der Waals surface area contributed by atoms with Crippen molar-refractivity contribution in [3.05, 3.63) is 18.3 Å². The second kappa shape index (κ2) is 9.12. The van der Waals surface area contributed by atoms with Crippen LogP contribution in [0.1, 0.15) is 25.7 Å². The lowest BCUT2D eigenvalue weighted by Crippen LogP contribution is -2.48. The molecule has 0 aromatic carbocycles. The fourth-order valence-electron chi connectivity index (χ4n) is 2.95. The summed E-state index contributed by atoms with van der Waals surface area (Å²) in [4.78, 5) is 14.3. The van der Waals surface area contributed by atoms with E-state index in [2.05, 4.69) is 20.8 Å². The van der Waals surface area contributed by atoms with Gasteiger partial charge in [0, 0.05) is 25.3 Å². The van der Waals surface area contributed by atoms with Crippen LogP contribution < -0.4 is 10.6 Å². The predicted molar refractivity (Wildman–Crippen MR) is 90.8 cm³/mol. The van der Waals surface area contributed by atoms with Gasteiger partial charge in [-0.25, -0.2) is 0 Å². The fourth-order valence-corrected chi connectivity index (χ4v) is 2.95. The van der Waals surface area contributed by atoms with Crippen LogP contribution in [0.2, 0.25) is 0 Å². The topological polar surface area (TPSA) is 70.2 Å². The van der Waals surface area contributed by atoms with Crippen LogP contribution in [-0.2, 0) is 4.79 Å². The largest absolute Gasteiger partial charge is 0.366 e. The van der Waals surface area contributed by atoms with Crippen molar-refractivity contribution in [3.63, 3.8) is 0 Å². The number of carbonyl (C=O) groups is 1. The summed E-state index contributed by atoms with van der Waals surface area (Å²) in [5.74, 6) is 1.09. The molecule has 0 spiro atoms. The molecule has 22 heavy (non-hydrogen) atoms. The molecule has 1 atom stereocenters. The first-order chi connectivity index (χ1) is 9.83. The van der Waals surface area contributed by atoms with Gasteiger partial charge >= 0.3 is 0 Å². The number of nitrogens with zero attached hydrogens (tertiary/aromatic N) is 3. The quantitative estimate of drug-likeness (QED) is 0.866. The van der Waals surface area contributed by atoms with E-state index in [0.717, 1.165) is 51.1 Å². The van der Waals surface area contributed by atoms with Gasteiger partial charge in [-0.05, 0) is 44.4 Å². The molecule has 1 aromatic rings.